The molecule has 0 aromatic heterocycles. The highest BCUT2D eigenvalue weighted by Crippen LogP contribution is 2.34. The summed E-state index contributed by atoms with van der Waals surface area (Å²) in [5.74, 6) is -11.1. The number of amides is 4. The summed E-state index contributed by atoms with van der Waals surface area (Å²) < 4.78 is 23.1. The van der Waals surface area contributed by atoms with E-state index in [4.69, 9.17) is 18.9 Å². The molecule has 3 heterocycles. The van der Waals surface area contributed by atoms with Crippen molar-refractivity contribution in [3.05, 3.63) is 0 Å². The lowest BCUT2D eigenvalue weighted by atomic mass is 9.84. The molecule has 25 heteroatoms. The molecule has 80 heavy (non-hydrogen) atoms. The number of quaternary nitrogens is 1. The first-order valence-electron chi connectivity index (χ1n) is 28.2. The third-order valence-corrected chi connectivity index (χ3v) is 15.6. The van der Waals surface area contributed by atoms with E-state index in [-0.39, 0.29) is 62.4 Å². The number of Topliss-reactive ketones (excluding diaryl/α,β-unsaturated/α-hetero) is 4. The predicted molar refractivity (Wildman–Crippen MR) is 281 cm³/mol. The van der Waals surface area contributed by atoms with Crippen LogP contribution in [0.1, 0.15) is 128 Å². The fourth-order valence-corrected chi connectivity index (χ4v) is 10.3. The van der Waals surface area contributed by atoms with E-state index in [2.05, 4.69) is 21.7 Å². The number of ketones is 4. The first-order chi connectivity index (χ1) is 37.3. The van der Waals surface area contributed by atoms with Gasteiger partial charge >= 0.3 is 0 Å². The number of carboxylic acid groups (broad SMARTS) is 1. The summed E-state index contributed by atoms with van der Waals surface area (Å²) >= 11 is 0. The molecule has 0 spiro atoms. The van der Waals surface area contributed by atoms with E-state index in [1.54, 1.807) is 48.5 Å². The Morgan fingerprint density at radius 2 is 1.19 bits per heavy atom. The Morgan fingerprint density at radius 1 is 0.650 bits per heavy atom. The monoisotopic (exact) mass is 1140 g/mol. The van der Waals surface area contributed by atoms with E-state index < -0.39 is 181 Å². The minimum Gasteiger partial charge on any atom is -0.548 e. The lowest BCUT2D eigenvalue weighted by Crippen LogP contribution is -2.68. The smallest absolute Gasteiger partial charge is 0.226 e. The van der Waals surface area contributed by atoms with Crippen LogP contribution >= 0.6 is 0 Å². The number of aliphatic hydroxyl groups is 6. The maximum atomic E-state index is 14.3. The highest BCUT2D eigenvalue weighted by Gasteiger charge is 2.50. The van der Waals surface area contributed by atoms with Crippen LogP contribution < -0.4 is 26.8 Å². The number of hydrogen-bond acceptors (Lipinski definition) is 20. The van der Waals surface area contributed by atoms with Crippen molar-refractivity contribution in [2.24, 2.45) is 53.3 Å². The summed E-state index contributed by atoms with van der Waals surface area (Å²) in [5, 5.41) is 80.7. The third kappa shape index (κ3) is 19.1. The molecule has 25 nitrogen and oxygen atoms in total. The Hall–Kier alpha value is -4.41. The zero-order valence-electron chi connectivity index (χ0n) is 48.6. The molecule has 0 aromatic rings. The van der Waals surface area contributed by atoms with Gasteiger partial charge in [0.1, 0.15) is 43.2 Å². The highest BCUT2D eigenvalue weighted by molar-refractivity contribution is 5.98. The summed E-state index contributed by atoms with van der Waals surface area (Å²) in [6.07, 6.45) is -13.3. The van der Waals surface area contributed by atoms with Crippen molar-refractivity contribution in [1.29, 1.82) is 0 Å². The number of ether oxygens (including phenoxy) is 4. The average molecular weight is 1140 g/mol. The van der Waals surface area contributed by atoms with Crippen LogP contribution in [0.3, 0.4) is 0 Å². The van der Waals surface area contributed by atoms with Gasteiger partial charge in [0.2, 0.25) is 23.6 Å². The average Bonchev–Trinajstić information content (AvgIpc) is 3.89. The topological polar surface area (TPSA) is 402 Å². The van der Waals surface area contributed by atoms with Crippen molar-refractivity contribution in [2.45, 2.75) is 214 Å². The SMILES string of the molecule is CC(C)CC(CC(=O)[C@@H]([NH3+])CO[C@H]1OC(CO)[C@H](O)[C@H](O[C@@H]2OC(CO)[C@H](O)[C@H](O)C2O)C1C)C(=O)N1CCC[C@H]1C(=O)CC(C)C(=O)N[C@@H](C)C(=O)CC(C(=O)N[C@H](C(=O)CC(C(=O)N[C@@H](C)C(=O)[O-])C(C)C)C(C)C)C(C)C. The molecule has 458 valence electrons. The fraction of sp³-hybridized carbons (Fsp3) is 0.836. The number of rotatable bonds is 32. The molecule has 19 atom stereocenters. The van der Waals surface area contributed by atoms with Crippen LogP contribution in [0.15, 0.2) is 0 Å². The van der Waals surface area contributed by atoms with Gasteiger partial charge in [-0.3, -0.25) is 38.4 Å². The summed E-state index contributed by atoms with van der Waals surface area (Å²) in [6.45, 7) is 18.4. The van der Waals surface area contributed by atoms with Gasteiger partial charge in [0, 0.05) is 61.8 Å². The molecule has 3 aliphatic heterocycles. The second kappa shape index (κ2) is 31.9. The Balaban J connectivity index is 1.62. The fourth-order valence-electron chi connectivity index (χ4n) is 10.3. The molecule has 3 fully saturated rings. The summed E-state index contributed by atoms with van der Waals surface area (Å²) in [6, 6.07) is -5.32. The molecule has 0 bridgehead atoms. The molecule has 0 radical (unpaired) electrons. The Kier molecular flexibility index (Phi) is 27.8. The van der Waals surface area contributed by atoms with Crippen molar-refractivity contribution in [3.8, 4) is 0 Å². The number of carbonyl (C=O) groups excluding carboxylic acids is 9. The number of nitrogens with one attached hydrogen (secondary N) is 3. The minimum absolute atomic E-state index is 0.0443. The van der Waals surface area contributed by atoms with Crippen LogP contribution in [0.4, 0.5) is 0 Å². The lowest BCUT2D eigenvalue weighted by Gasteiger charge is -2.46. The van der Waals surface area contributed by atoms with E-state index in [0.29, 0.717) is 19.3 Å². The van der Waals surface area contributed by atoms with Gasteiger partial charge in [-0.05, 0) is 56.8 Å². The molecule has 0 saturated carbocycles. The van der Waals surface area contributed by atoms with Crippen molar-refractivity contribution in [3.63, 3.8) is 0 Å². The van der Waals surface area contributed by atoms with Gasteiger partial charge in [0.15, 0.2) is 41.8 Å². The number of carbonyl (C=O) groups is 9. The number of aliphatic carboxylic acids is 1. The minimum atomic E-state index is -1.78. The molecule has 3 rings (SSSR count). The zero-order valence-corrected chi connectivity index (χ0v) is 48.6. The molecular formula is C55H93N5O20. The predicted octanol–water partition coefficient (Wildman–Crippen LogP) is -2.92. The Labute approximate surface area is 469 Å². The third-order valence-electron chi connectivity index (χ3n) is 15.6. The number of aliphatic hydroxyl groups excluding tert-OH is 6. The maximum Gasteiger partial charge on any atom is 0.226 e. The van der Waals surface area contributed by atoms with Gasteiger partial charge in [-0.15, -0.1) is 0 Å². The number of nitrogens with zero attached hydrogens (tertiary/aromatic N) is 1. The van der Waals surface area contributed by atoms with Crippen LogP contribution in [0.2, 0.25) is 0 Å². The second-order valence-electron chi connectivity index (χ2n) is 23.7. The molecule has 3 saturated heterocycles. The number of carboxylic acids is 1. The summed E-state index contributed by atoms with van der Waals surface area (Å²) in [5.41, 5.74) is 3.97. The summed E-state index contributed by atoms with van der Waals surface area (Å²) in [4.78, 5) is 122. The maximum absolute atomic E-state index is 14.3. The van der Waals surface area contributed by atoms with Gasteiger partial charge < -0.3 is 86.1 Å². The van der Waals surface area contributed by atoms with Crippen LogP contribution in [-0.2, 0) is 62.1 Å². The molecule has 8 unspecified atom stereocenters. The van der Waals surface area contributed by atoms with Crippen molar-refractivity contribution in [1.82, 2.24) is 20.9 Å². The molecular weight excluding hydrogens is 1050 g/mol. The number of likely N-dealkylation sites (tertiary alicyclic amines) is 1. The van der Waals surface area contributed by atoms with Crippen LogP contribution in [-0.4, -0.2) is 200 Å². The van der Waals surface area contributed by atoms with Crippen LogP contribution in [0.5, 0.6) is 0 Å². The van der Waals surface area contributed by atoms with Gasteiger partial charge in [0.05, 0.1) is 49.5 Å². The van der Waals surface area contributed by atoms with Gasteiger partial charge in [-0.1, -0.05) is 69.2 Å². The van der Waals surface area contributed by atoms with E-state index in [0.717, 1.165) is 0 Å². The zero-order chi connectivity index (χ0) is 60.8. The second-order valence-corrected chi connectivity index (χ2v) is 23.7. The van der Waals surface area contributed by atoms with Crippen molar-refractivity contribution >= 4 is 52.7 Å². The summed E-state index contributed by atoms with van der Waals surface area (Å²) in [7, 11) is 0. The quantitative estimate of drug-likeness (QED) is 0.0323. The standard InChI is InChI=1S/C55H93N5O20/c1-24(2)16-32(18-38(64)35(56)23-77-54-29(10)48(45(68)42(22-62)78-54)80-55-47(70)46(69)44(67)41(21-61)79-55)52(74)60-15-13-14-36(60)39(65)17-28(9)49(71)57-30(11)37(63)19-33(25(3)4)51(73)59-43(27(7)8)40(66)20-34(26(5)6)50(72)58-31(12)53(75)76/h24-36,41-48,54-55,61-62,67-70H,13-23,56H2,1-12H3,(H,57,71)(H,58,72)(H,59,73)(H,75,76)/t28?,29?,30-,31-,32?,33?,34?,35-,36-,41?,42?,43-,44-,45-,46-,47?,48+,54-,55-/m0/s1. The number of hydrogen-bond donors (Lipinski definition) is 10. The van der Waals surface area contributed by atoms with Crippen LogP contribution in [0.25, 0.3) is 0 Å². The van der Waals surface area contributed by atoms with E-state index in [9.17, 15) is 78.9 Å². The van der Waals surface area contributed by atoms with E-state index >= 15 is 0 Å². The molecule has 12 N–H and O–H groups in total. The molecule has 0 aliphatic carbocycles. The first kappa shape index (κ1) is 69.9. The van der Waals surface area contributed by atoms with Gasteiger partial charge in [-0.2, -0.15) is 0 Å². The molecule has 3 aliphatic rings. The molecule has 4 amide bonds. The Bertz CT molecular complexity index is 2110. The first-order valence-corrected chi connectivity index (χ1v) is 28.2. The lowest BCUT2D eigenvalue weighted by molar-refractivity contribution is -0.419. The van der Waals surface area contributed by atoms with Gasteiger partial charge in [0.25, 0.3) is 0 Å². The van der Waals surface area contributed by atoms with Crippen molar-refractivity contribution < 1.29 is 104 Å². The normalized spacial score (nSPS) is 28.3. The van der Waals surface area contributed by atoms with E-state index in [1.807, 2.05) is 13.8 Å². The van der Waals surface area contributed by atoms with Gasteiger partial charge in [-0.25, -0.2) is 0 Å². The Morgan fingerprint density at radius 3 is 1.73 bits per heavy atom. The van der Waals surface area contributed by atoms with Crippen molar-refractivity contribution in [2.75, 3.05) is 26.4 Å². The van der Waals surface area contributed by atoms with E-state index in [1.165, 1.54) is 25.7 Å². The largest absolute Gasteiger partial charge is 0.548 e. The van der Waals surface area contributed by atoms with Crippen LogP contribution in [0, 0.1) is 53.3 Å². The highest BCUT2D eigenvalue weighted by atomic mass is 16.7. The molecule has 0 aromatic carbocycles.